The molecule has 3 heteroatoms. The number of benzene rings is 2. The summed E-state index contributed by atoms with van der Waals surface area (Å²) >= 11 is 0. The van der Waals surface area contributed by atoms with Crippen LogP contribution in [0, 0.1) is 0 Å². The zero-order valence-electron chi connectivity index (χ0n) is 10.6. The van der Waals surface area contributed by atoms with E-state index in [0.717, 1.165) is 28.2 Å². The van der Waals surface area contributed by atoms with E-state index in [4.69, 9.17) is 15.2 Å². The van der Waals surface area contributed by atoms with Crippen molar-refractivity contribution in [1.82, 2.24) is 0 Å². The van der Waals surface area contributed by atoms with Crippen LogP contribution in [0.2, 0.25) is 0 Å². The Labute approximate surface area is 107 Å². The van der Waals surface area contributed by atoms with Crippen LogP contribution >= 0.6 is 0 Å². The molecule has 0 aliphatic carbocycles. The monoisotopic (exact) mass is 243 g/mol. The first-order valence-corrected chi connectivity index (χ1v) is 5.80. The molecular weight excluding hydrogens is 226 g/mol. The van der Waals surface area contributed by atoms with Gasteiger partial charge in [0, 0.05) is 18.2 Å². The molecule has 0 aliphatic rings. The van der Waals surface area contributed by atoms with E-state index in [9.17, 15) is 0 Å². The van der Waals surface area contributed by atoms with Gasteiger partial charge in [0.15, 0.2) is 0 Å². The van der Waals surface area contributed by atoms with Gasteiger partial charge in [-0.25, -0.2) is 0 Å². The molecule has 2 aromatic carbocycles. The van der Waals surface area contributed by atoms with Gasteiger partial charge in [-0.05, 0) is 23.3 Å². The molecule has 0 saturated carbocycles. The van der Waals surface area contributed by atoms with Crippen molar-refractivity contribution in [2.75, 3.05) is 14.2 Å². The van der Waals surface area contributed by atoms with E-state index in [0.29, 0.717) is 6.54 Å². The largest absolute Gasteiger partial charge is 0.497 e. The van der Waals surface area contributed by atoms with Crippen LogP contribution in [0.15, 0.2) is 42.5 Å². The van der Waals surface area contributed by atoms with Crippen molar-refractivity contribution in [1.29, 1.82) is 0 Å². The molecule has 3 nitrogen and oxygen atoms in total. The number of nitrogens with two attached hydrogens (primary N) is 1. The number of hydrogen-bond acceptors (Lipinski definition) is 3. The molecule has 0 aromatic heterocycles. The molecule has 18 heavy (non-hydrogen) atoms. The molecule has 0 radical (unpaired) electrons. The molecule has 0 saturated heterocycles. The smallest absolute Gasteiger partial charge is 0.130 e. The fourth-order valence-electron chi connectivity index (χ4n) is 1.86. The molecule has 0 unspecified atom stereocenters. The molecule has 0 spiro atoms. The van der Waals surface area contributed by atoms with Gasteiger partial charge in [0.05, 0.1) is 14.2 Å². The molecule has 0 heterocycles. The second kappa shape index (κ2) is 5.56. The average Bonchev–Trinajstić information content (AvgIpc) is 2.46. The first kappa shape index (κ1) is 12.5. The van der Waals surface area contributed by atoms with Gasteiger partial charge < -0.3 is 15.2 Å². The minimum absolute atomic E-state index is 0.556. The molecule has 0 amide bonds. The van der Waals surface area contributed by atoms with Crippen molar-refractivity contribution >= 4 is 0 Å². The van der Waals surface area contributed by atoms with Gasteiger partial charge in [-0.15, -0.1) is 0 Å². The lowest BCUT2D eigenvalue weighted by atomic mass is 10.0. The third-order valence-electron chi connectivity index (χ3n) is 2.91. The Morgan fingerprint density at radius 2 is 1.67 bits per heavy atom. The van der Waals surface area contributed by atoms with Crippen LogP contribution in [-0.4, -0.2) is 14.2 Å². The highest BCUT2D eigenvalue weighted by Crippen LogP contribution is 2.33. The Kier molecular flexibility index (Phi) is 3.85. The zero-order chi connectivity index (χ0) is 13.0. The van der Waals surface area contributed by atoms with Gasteiger partial charge in [0.25, 0.3) is 0 Å². The maximum atomic E-state index is 5.59. The number of methoxy groups -OCH3 is 2. The second-order valence-corrected chi connectivity index (χ2v) is 3.97. The predicted octanol–water partition coefficient (Wildman–Crippen LogP) is 2.83. The van der Waals surface area contributed by atoms with E-state index in [2.05, 4.69) is 0 Å². The molecule has 2 rings (SSSR count). The van der Waals surface area contributed by atoms with E-state index in [-0.39, 0.29) is 0 Å². The quantitative estimate of drug-likeness (QED) is 0.898. The third-order valence-corrected chi connectivity index (χ3v) is 2.91. The summed E-state index contributed by atoms with van der Waals surface area (Å²) in [6.45, 7) is 0.556. The highest BCUT2D eigenvalue weighted by molar-refractivity contribution is 5.71. The average molecular weight is 243 g/mol. The van der Waals surface area contributed by atoms with Gasteiger partial charge in [0.2, 0.25) is 0 Å². The minimum Gasteiger partial charge on any atom is -0.497 e. The lowest BCUT2D eigenvalue weighted by molar-refractivity contribution is 0.395. The standard InChI is InChI=1S/C15H17NO2/c1-17-13-7-8-14(15(9-13)18-2)12-5-3-11(10-16)4-6-12/h3-9H,10,16H2,1-2H3. The normalized spacial score (nSPS) is 10.2. The van der Waals surface area contributed by atoms with Crippen LogP contribution in [0.1, 0.15) is 5.56 Å². The summed E-state index contributed by atoms with van der Waals surface area (Å²) in [5.41, 5.74) is 8.86. The molecule has 2 N–H and O–H groups in total. The Morgan fingerprint density at radius 1 is 0.944 bits per heavy atom. The van der Waals surface area contributed by atoms with Crippen molar-refractivity contribution in [2.45, 2.75) is 6.54 Å². The summed E-state index contributed by atoms with van der Waals surface area (Å²) in [5, 5.41) is 0. The van der Waals surface area contributed by atoms with Gasteiger partial charge >= 0.3 is 0 Å². The predicted molar refractivity (Wildman–Crippen MR) is 72.9 cm³/mol. The Hall–Kier alpha value is -2.00. The molecule has 0 fully saturated rings. The maximum Gasteiger partial charge on any atom is 0.130 e. The van der Waals surface area contributed by atoms with Crippen molar-refractivity contribution in [3.63, 3.8) is 0 Å². The fraction of sp³-hybridized carbons (Fsp3) is 0.200. The third kappa shape index (κ3) is 2.46. The lowest BCUT2D eigenvalue weighted by Crippen LogP contribution is -1.95. The lowest BCUT2D eigenvalue weighted by Gasteiger charge is -2.11. The number of hydrogen-bond donors (Lipinski definition) is 1. The van der Waals surface area contributed by atoms with E-state index < -0.39 is 0 Å². The Balaban J connectivity index is 2.42. The summed E-state index contributed by atoms with van der Waals surface area (Å²) in [6.07, 6.45) is 0. The molecule has 0 bridgehead atoms. The Morgan fingerprint density at radius 3 is 2.22 bits per heavy atom. The van der Waals surface area contributed by atoms with Gasteiger partial charge in [0.1, 0.15) is 11.5 Å². The van der Waals surface area contributed by atoms with Crippen LogP contribution in [-0.2, 0) is 6.54 Å². The molecule has 94 valence electrons. The van der Waals surface area contributed by atoms with Crippen molar-refractivity contribution in [3.8, 4) is 22.6 Å². The Bertz CT molecular complexity index is 521. The first-order valence-electron chi connectivity index (χ1n) is 5.80. The minimum atomic E-state index is 0.556. The summed E-state index contributed by atoms with van der Waals surface area (Å²) in [6, 6.07) is 14.0. The number of rotatable bonds is 4. The summed E-state index contributed by atoms with van der Waals surface area (Å²) in [4.78, 5) is 0. The fourth-order valence-corrected chi connectivity index (χ4v) is 1.86. The van der Waals surface area contributed by atoms with Crippen LogP contribution in [0.5, 0.6) is 11.5 Å². The second-order valence-electron chi connectivity index (χ2n) is 3.97. The highest BCUT2D eigenvalue weighted by Gasteiger charge is 2.07. The summed E-state index contributed by atoms with van der Waals surface area (Å²) < 4.78 is 10.6. The SMILES string of the molecule is COc1ccc(-c2ccc(CN)cc2)c(OC)c1. The zero-order valence-corrected chi connectivity index (χ0v) is 10.6. The van der Waals surface area contributed by atoms with E-state index in [1.807, 2.05) is 42.5 Å². The van der Waals surface area contributed by atoms with Crippen LogP contribution in [0.3, 0.4) is 0 Å². The topological polar surface area (TPSA) is 44.5 Å². The summed E-state index contributed by atoms with van der Waals surface area (Å²) in [7, 11) is 3.30. The van der Waals surface area contributed by atoms with Crippen molar-refractivity contribution < 1.29 is 9.47 Å². The first-order chi connectivity index (χ1) is 8.78. The molecule has 0 aliphatic heterocycles. The van der Waals surface area contributed by atoms with Gasteiger partial charge in [-0.2, -0.15) is 0 Å². The van der Waals surface area contributed by atoms with E-state index >= 15 is 0 Å². The van der Waals surface area contributed by atoms with Gasteiger partial charge in [-0.3, -0.25) is 0 Å². The van der Waals surface area contributed by atoms with Crippen molar-refractivity contribution in [3.05, 3.63) is 48.0 Å². The van der Waals surface area contributed by atoms with Crippen molar-refractivity contribution in [2.24, 2.45) is 5.73 Å². The molecular formula is C15H17NO2. The van der Waals surface area contributed by atoms with Crippen LogP contribution in [0.4, 0.5) is 0 Å². The maximum absolute atomic E-state index is 5.59. The summed E-state index contributed by atoms with van der Waals surface area (Å²) in [5.74, 6) is 1.59. The molecule has 2 aromatic rings. The number of ether oxygens (including phenoxy) is 2. The van der Waals surface area contributed by atoms with Crippen LogP contribution < -0.4 is 15.2 Å². The highest BCUT2D eigenvalue weighted by atomic mass is 16.5. The van der Waals surface area contributed by atoms with Crippen LogP contribution in [0.25, 0.3) is 11.1 Å². The van der Waals surface area contributed by atoms with Gasteiger partial charge in [-0.1, -0.05) is 24.3 Å². The van der Waals surface area contributed by atoms with E-state index in [1.54, 1.807) is 14.2 Å². The van der Waals surface area contributed by atoms with E-state index in [1.165, 1.54) is 0 Å². The molecule has 0 atom stereocenters.